The average Bonchev–Trinajstić information content (AvgIpc) is 2.95. The molecule has 0 aromatic heterocycles. The average molecular weight is 313 g/mol. The molecule has 1 saturated heterocycles. The Morgan fingerprint density at radius 2 is 2.10 bits per heavy atom. The normalized spacial score (nSPS) is 18.6. The molecule has 0 radical (unpaired) electrons. The Labute approximate surface area is 124 Å². The van der Waals surface area contributed by atoms with Crippen molar-refractivity contribution in [3.05, 3.63) is 24.3 Å². The Hall–Kier alpha value is -1.76. The number of ether oxygens (including phenoxy) is 2. The van der Waals surface area contributed by atoms with Gasteiger partial charge >= 0.3 is 0 Å². The first-order chi connectivity index (χ1) is 9.90. The van der Waals surface area contributed by atoms with Gasteiger partial charge in [0.1, 0.15) is 11.5 Å². The smallest absolute Gasteiger partial charge is 0.260 e. The fourth-order valence-corrected chi connectivity index (χ4v) is 3.22. The molecule has 1 fully saturated rings. The third kappa shape index (κ3) is 4.10. The van der Waals surface area contributed by atoms with Gasteiger partial charge in [0, 0.05) is 25.4 Å². The second-order valence-electron chi connectivity index (χ2n) is 5.05. The molecular formula is C14H19NO5S. The predicted molar refractivity (Wildman–Crippen MR) is 78.3 cm³/mol. The Morgan fingerprint density at radius 3 is 2.71 bits per heavy atom. The standard InChI is InChI=1S/C14H19NO5S/c1-19-11-4-3-5-12(8-11)20-10-14(16)15-7-6-13(9-15)21(2,17)18/h3-5,8,13H,6-7,9-10H2,1-2H3. The summed E-state index contributed by atoms with van der Waals surface area (Å²) in [5.74, 6) is 0.990. The minimum Gasteiger partial charge on any atom is -0.497 e. The van der Waals surface area contributed by atoms with Gasteiger partial charge in [-0.25, -0.2) is 8.42 Å². The van der Waals surface area contributed by atoms with E-state index in [1.54, 1.807) is 31.4 Å². The maximum Gasteiger partial charge on any atom is 0.260 e. The summed E-state index contributed by atoms with van der Waals surface area (Å²) in [5.41, 5.74) is 0. The van der Waals surface area contributed by atoms with E-state index in [2.05, 4.69) is 0 Å². The third-order valence-electron chi connectivity index (χ3n) is 3.51. The van der Waals surface area contributed by atoms with E-state index >= 15 is 0 Å². The van der Waals surface area contributed by atoms with Crippen LogP contribution in [-0.4, -0.2) is 57.5 Å². The lowest BCUT2D eigenvalue weighted by Crippen LogP contribution is -2.34. The van der Waals surface area contributed by atoms with E-state index in [0.29, 0.717) is 24.5 Å². The molecule has 1 heterocycles. The highest BCUT2D eigenvalue weighted by atomic mass is 32.2. The van der Waals surface area contributed by atoms with Crippen LogP contribution in [0.1, 0.15) is 6.42 Å². The minimum atomic E-state index is -3.10. The quantitative estimate of drug-likeness (QED) is 0.801. The maximum absolute atomic E-state index is 12.0. The van der Waals surface area contributed by atoms with Gasteiger partial charge in [0.05, 0.1) is 12.4 Å². The van der Waals surface area contributed by atoms with Gasteiger partial charge in [-0.05, 0) is 18.6 Å². The lowest BCUT2D eigenvalue weighted by molar-refractivity contribution is -0.132. The summed E-state index contributed by atoms with van der Waals surface area (Å²) in [6, 6.07) is 6.98. The summed E-state index contributed by atoms with van der Waals surface area (Å²) in [7, 11) is -1.54. The van der Waals surface area contributed by atoms with Gasteiger partial charge in [0.25, 0.3) is 5.91 Å². The number of carbonyl (C=O) groups excluding carboxylic acids is 1. The number of sulfone groups is 1. The van der Waals surface area contributed by atoms with Crippen molar-refractivity contribution in [3.63, 3.8) is 0 Å². The first-order valence-electron chi connectivity index (χ1n) is 6.63. The molecule has 1 aliphatic heterocycles. The third-order valence-corrected chi connectivity index (χ3v) is 5.10. The Morgan fingerprint density at radius 1 is 1.38 bits per heavy atom. The van der Waals surface area contributed by atoms with Gasteiger partial charge in [-0.15, -0.1) is 0 Å². The van der Waals surface area contributed by atoms with Crippen LogP contribution >= 0.6 is 0 Å². The van der Waals surface area contributed by atoms with Crippen LogP contribution in [0.4, 0.5) is 0 Å². The summed E-state index contributed by atoms with van der Waals surface area (Å²) in [6.45, 7) is 0.598. The van der Waals surface area contributed by atoms with Crippen molar-refractivity contribution in [2.45, 2.75) is 11.7 Å². The number of amides is 1. The van der Waals surface area contributed by atoms with Gasteiger partial charge < -0.3 is 14.4 Å². The molecule has 116 valence electrons. The molecule has 0 spiro atoms. The van der Waals surface area contributed by atoms with Gasteiger partial charge in [0.15, 0.2) is 16.4 Å². The topological polar surface area (TPSA) is 72.9 Å². The van der Waals surface area contributed by atoms with Crippen molar-refractivity contribution >= 4 is 15.7 Å². The lowest BCUT2D eigenvalue weighted by atomic mass is 10.3. The molecule has 6 nitrogen and oxygen atoms in total. The van der Waals surface area contributed by atoms with Crippen molar-refractivity contribution < 1.29 is 22.7 Å². The van der Waals surface area contributed by atoms with Crippen molar-refractivity contribution in [1.82, 2.24) is 4.90 Å². The zero-order valence-electron chi connectivity index (χ0n) is 12.1. The Kier molecular flexibility index (Phi) is 4.72. The molecule has 0 bridgehead atoms. The molecule has 1 atom stereocenters. The van der Waals surface area contributed by atoms with Gasteiger partial charge in [-0.2, -0.15) is 0 Å². The lowest BCUT2D eigenvalue weighted by Gasteiger charge is -2.16. The summed E-state index contributed by atoms with van der Waals surface area (Å²) in [6.07, 6.45) is 1.70. The fourth-order valence-electron chi connectivity index (χ4n) is 2.23. The highest BCUT2D eigenvalue weighted by Crippen LogP contribution is 2.20. The Balaban J connectivity index is 1.88. The molecule has 2 rings (SSSR count). The number of rotatable bonds is 5. The first kappa shape index (κ1) is 15.6. The molecule has 0 saturated carbocycles. The first-order valence-corrected chi connectivity index (χ1v) is 8.59. The van der Waals surface area contributed by atoms with Crippen molar-refractivity contribution in [3.8, 4) is 11.5 Å². The van der Waals surface area contributed by atoms with E-state index in [1.165, 1.54) is 11.2 Å². The molecule has 21 heavy (non-hydrogen) atoms. The second-order valence-corrected chi connectivity index (χ2v) is 7.37. The number of hydrogen-bond acceptors (Lipinski definition) is 5. The van der Waals surface area contributed by atoms with Crippen LogP contribution in [0, 0.1) is 0 Å². The summed E-state index contributed by atoms with van der Waals surface area (Å²) < 4.78 is 33.4. The van der Waals surface area contributed by atoms with Crippen molar-refractivity contribution in [2.24, 2.45) is 0 Å². The minimum absolute atomic E-state index is 0.107. The molecule has 1 amide bonds. The maximum atomic E-state index is 12.0. The van der Waals surface area contributed by atoms with Gasteiger partial charge in [-0.3, -0.25) is 4.79 Å². The molecule has 0 N–H and O–H groups in total. The predicted octanol–water partition coefficient (Wildman–Crippen LogP) is 0.720. The van der Waals surface area contributed by atoms with E-state index in [1.807, 2.05) is 0 Å². The molecule has 1 aliphatic rings. The summed E-state index contributed by atoms with van der Waals surface area (Å²) in [4.78, 5) is 13.6. The number of nitrogens with zero attached hydrogens (tertiary/aromatic N) is 1. The number of methoxy groups -OCH3 is 1. The highest BCUT2D eigenvalue weighted by molar-refractivity contribution is 7.91. The zero-order valence-corrected chi connectivity index (χ0v) is 12.9. The monoisotopic (exact) mass is 313 g/mol. The van der Waals surface area contributed by atoms with Crippen LogP contribution in [-0.2, 0) is 14.6 Å². The molecule has 0 aliphatic carbocycles. The number of likely N-dealkylation sites (tertiary alicyclic amines) is 1. The van der Waals surface area contributed by atoms with Crippen molar-refractivity contribution in [2.75, 3.05) is 33.1 Å². The van der Waals surface area contributed by atoms with E-state index in [4.69, 9.17) is 9.47 Å². The Bertz CT molecular complexity index is 614. The number of hydrogen-bond donors (Lipinski definition) is 0. The highest BCUT2D eigenvalue weighted by Gasteiger charge is 2.32. The van der Waals surface area contributed by atoms with Crippen LogP contribution in [0.2, 0.25) is 0 Å². The summed E-state index contributed by atoms with van der Waals surface area (Å²) >= 11 is 0. The van der Waals surface area contributed by atoms with Crippen LogP contribution in [0.15, 0.2) is 24.3 Å². The fraction of sp³-hybridized carbons (Fsp3) is 0.500. The van der Waals surface area contributed by atoms with Crippen LogP contribution in [0.5, 0.6) is 11.5 Å². The summed E-state index contributed by atoms with van der Waals surface area (Å²) in [5, 5.41) is -0.460. The SMILES string of the molecule is COc1cccc(OCC(=O)N2CCC(S(C)(=O)=O)C2)c1. The largest absolute Gasteiger partial charge is 0.497 e. The van der Waals surface area contributed by atoms with Crippen LogP contribution in [0.25, 0.3) is 0 Å². The molecule has 1 aromatic rings. The van der Waals surface area contributed by atoms with E-state index < -0.39 is 15.1 Å². The van der Waals surface area contributed by atoms with Crippen LogP contribution < -0.4 is 9.47 Å². The molecule has 1 unspecified atom stereocenters. The zero-order chi connectivity index (χ0) is 15.5. The van der Waals surface area contributed by atoms with E-state index in [0.717, 1.165) is 0 Å². The number of carbonyl (C=O) groups is 1. The van der Waals surface area contributed by atoms with Gasteiger partial charge in [-0.1, -0.05) is 6.07 Å². The van der Waals surface area contributed by atoms with Gasteiger partial charge in [0.2, 0.25) is 0 Å². The second kappa shape index (κ2) is 6.34. The van der Waals surface area contributed by atoms with E-state index in [-0.39, 0.29) is 19.1 Å². The molecular weight excluding hydrogens is 294 g/mol. The van der Waals surface area contributed by atoms with Crippen LogP contribution in [0.3, 0.4) is 0 Å². The van der Waals surface area contributed by atoms with Crippen molar-refractivity contribution in [1.29, 1.82) is 0 Å². The molecule has 1 aromatic carbocycles. The number of benzene rings is 1. The molecule has 7 heteroatoms. The van der Waals surface area contributed by atoms with E-state index in [9.17, 15) is 13.2 Å².